The minimum absolute atomic E-state index is 0.659. The lowest BCUT2D eigenvalue weighted by Crippen LogP contribution is -2.21. The van der Waals surface area contributed by atoms with Crippen molar-refractivity contribution < 1.29 is 0 Å². The summed E-state index contributed by atoms with van der Waals surface area (Å²) in [7, 11) is 4.09. The van der Waals surface area contributed by atoms with Crippen molar-refractivity contribution in [1.29, 1.82) is 0 Å². The third-order valence-corrected chi connectivity index (χ3v) is 3.02. The van der Waals surface area contributed by atoms with Gasteiger partial charge >= 0.3 is 0 Å². The van der Waals surface area contributed by atoms with Crippen LogP contribution in [0, 0.1) is 13.8 Å². The topological polar surface area (TPSA) is 53.1 Å². The molecule has 0 amide bonds. The van der Waals surface area contributed by atoms with Gasteiger partial charge in [0.05, 0.1) is 0 Å². The molecule has 0 fully saturated rings. The molecule has 5 heteroatoms. The average molecular weight is 285 g/mol. The number of hydrogen-bond acceptors (Lipinski definition) is 5. The SMILES string of the molecule is Cc1ccc(Nc2cc(C)nc(NCCN(C)C)n2)cc1. The lowest BCUT2D eigenvalue weighted by molar-refractivity contribution is 0.425. The summed E-state index contributed by atoms with van der Waals surface area (Å²) in [5, 5.41) is 6.56. The molecule has 1 aromatic heterocycles. The third-order valence-electron chi connectivity index (χ3n) is 3.02. The van der Waals surface area contributed by atoms with Gasteiger partial charge in [-0.15, -0.1) is 0 Å². The van der Waals surface area contributed by atoms with Crippen molar-refractivity contribution in [3.63, 3.8) is 0 Å². The molecule has 112 valence electrons. The van der Waals surface area contributed by atoms with Gasteiger partial charge < -0.3 is 15.5 Å². The van der Waals surface area contributed by atoms with E-state index in [4.69, 9.17) is 0 Å². The van der Waals surface area contributed by atoms with E-state index >= 15 is 0 Å². The van der Waals surface area contributed by atoms with Crippen LogP contribution in [0.1, 0.15) is 11.3 Å². The minimum Gasteiger partial charge on any atom is -0.353 e. The van der Waals surface area contributed by atoms with Crippen molar-refractivity contribution in [1.82, 2.24) is 14.9 Å². The molecule has 0 saturated carbocycles. The zero-order chi connectivity index (χ0) is 15.2. The maximum Gasteiger partial charge on any atom is 0.224 e. The molecule has 0 unspecified atom stereocenters. The van der Waals surface area contributed by atoms with Crippen LogP contribution in [-0.4, -0.2) is 42.1 Å². The molecule has 0 aliphatic heterocycles. The lowest BCUT2D eigenvalue weighted by Gasteiger charge is -2.12. The highest BCUT2D eigenvalue weighted by atomic mass is 15.2. The van der Waals surface area contributed by atoms with Crippen LogP contribution in [0.2, 0.25) is 0 Å². The van der Waals surface area contributed by atoms with Gasteiger partial charge in [0.2, 0.25) is 5.95 Å². The predicted molar refractivity (Wildman–Crippen MR) is 88.3 cm³/mol. The molecular formula is C16H23N5. The molecule has 0 aliphatic carbocycles. The van der Waals surface area contributed by atoms with Crippen LogP contribution < -0.4 is 10.6 Å². The Kier molecular flexibility index (Phi) is 5.11. The van der Waals surface area contributed by atoms with Crippen LogP contribution in [0.4, 0.5) is 17.5 Å². The monoisotopic (exact) mass is 285 g/mol. The molecule has 1 aromatic carbocycles. The van der Waals surface area contributed by atoms with E-state index in [0.717, 1.165) is 30.3 Å². The summed E-state index contributed by atoms with van der Waals surface area (Å²) in [6, 6.07) is 10.2. The highest BCUT2D eigenvalue weighted by Gasteiger charge is 2.03. The van der Waals surface area contributed by atoms with Crippen molar-refractivity contribution in [3.8, 4) is 0 Å². The Balaban J connectivity index is 2.05. The molecule has 0 spiro atoms. The van der Waals surface area contributed by atoms with Crippen molar-refractivity contribution in [3.05, 3.63) is 41.6 Å². The molecule has 1 heterocycles. The molecule has 0 atom stereocenters. The molecule has 21 heavy (non-hydrogen) atoms. The fourth-order valence-corrected chi connectivity index (χ4v) is 1.89. The van der Waals surface area contributed by atoms with E-state index in [1.54, 1.807) is 0 Å². The zero-order valence-corrected chi connectivity index (χ0v) is 13.1. The van der Waals surface area contributed by atoms with E-state index in [1.165, 1.54) is 5.56 Å². The van der Waals surface area contributed by atoms with E-state index in [9.17, 15) is 0 Å². The summed E-state index contributed by atoms with van der Waals surface area (Å²) in [6.07, 6.45) is 0. The minimum atomic E-state index is 0.659. The summed E-state index contributed by atoms with van der Waals surface area (Å²) < 4.78 is 0. The van der Waals surface area contributed by atoms with Crippen molar-refractivity contribution in [2.45, 2.75) is 13.8 Å². The molecule has 0 saturated heterocycles. The number of likely N-dealkylation sites (N-methyl/N-ethyl adjacent to an activating group) is 1. The summed E-state index contributed by atoms with van der Waals surface area (Å²) >= 11 is 0. The Morgan fingerprint density at radius 3 is 2.43 bits per heavy atom. The number of benzene rings is 1. The van der Waals surface area contributed by atoms with Crippen molar-refractivity contribution >= 4 is 17.5 Å². The first-order valence-corrected chi connectivity index (χ1v) is 7.11. The number of aryl methyl sites for hydroxylation is 2. The maximum absolute atomic E-state index is 4.50. The molecule has 0 radical (unpaired) electrons. The molecule has 0 aliphatic rings. The molecule has 5 nitrogen and oxygen atoms in total. The van der Waals surface area contributed by atoms with Gasteiger partial charge in [0.1, 0.15) is 5.82 Å². The van der Waals surface area contributed by atoms with Gasteiger partial charge in [-0.2, -0.15) is 4.98 Å². The number of hydrogen-bond donors (Lipinski definition) is 2. The van der Waals surface area contributed by atoms with Crippen LogP contribution in [0.3, 0.4) is 0 Å². The van der Waals surface area contributed by atoms with E-state index in [1.807, 2.05) is 39.2 Å². The second-order valence-electron chi connectivity index (χ2n) is 5.44. The van der Waals surface area contributed by atoms with Crippen LogP contribution in [-0.2, 0) is 0 Å². The predicted octanol–water partition coefficient (Wildman–Crippen LogP) is 2.81. The van der Waals surface area contributed by atoms with Gasteiger partial charge in [-0.1, -0.05) is 17.7 Å². The first-order chi connectivity index (χ1) is 10.0. The Morgan fingerprint density at radius 2 is 1.76 bits per heavy atom. The summed E-state index contributed by atoms with van der Waals surface area (Å²) in [4.78, 5) is 11.0. The smallest absolute Gasteiger partial charge is 0.224 e. The molecular weight excluding hydrogens is 262 g/mol. The third kappa shape index (κ3) is 5.04. The number of nitrogens with zero attached hydrogens (tertiary/aromatic N) is 3. The lowest BCUT2D eigenvalue weighted by atomic mass is 10.2. The number of anilines is 3. The molecule has 0 bridgehead atoms. The van der Waals surface area contributed by atoms with E-state index < -0.39 is 0 Å². The first kappa shape index (κ1) is 15.3. The molecule has 2 aromatic rings. The molecule has 2 N–H and O–H groups in total. The standard InChI is InChI=1S/C16H23N5/c1-12-5-7-14(8-6-12)19-15-11-13(2)18-16(20-15)17-9-10-21(3)4/h5-8,11H,9-10H2,1-4H3,(H2,17,18,19,20). The number of nitrogens with one attached hydrogen (secondary N) is 2. The van der Waals surface area contributed by atoms with Crippen LogP contribution in [0.15, 0.2) is 30.3 Å². The van der Waals surface area contributed by atoms with Gasteiger partial charge in [0.15, 0.2) is 0 Å². The summed E-state index contributed by atoms with van der Waals surface area (Å²) in [6.45, 7) is 5.81. The highest BCUT2D eigenvalue weighted by Crippen LogP contribution is 2.17. The van der Waals surface area contributed by atoms with E-state index in [2.05, 4.69) is 44.6 Å². The fourth-order valence-electron chi connectivity index (χ4n) is 1.89. The number of aromatic nitrogens is 2. The largest absolute Gasteiger partial charge is 0.353 e. The second-order valence-corrected chi connectivity index (χ2v) is 5.44. The van der Waals surface area contributed by atoms with Gasteiger partial charge in [-0.3, -0.25) is 0 Å². The van der Waals surface area contributed by atoms with E-state index in [-0.39, 0.29) is 0 Å². The quantitative estimate of drug-likeness (QED) is 0.855. The maximum atomic E-state index is 4.50. The van der Waals surface area contributed by atoms with Gasteiger partial charge in [-0.05, 0) is 40.1 Å². The fraction of sp³-hybridized carbons (Fsp3) is 0.375. The normalized spacial score (nSPS) is 10.7. The van der Waals surface area contributed by atoms with Gasteiger partial charge in [0, 0.05) is 30.5 Å². The van der Waals surface area contributed by atoms with E-state index in [0.29, 0.717) is 5.95 Å². The first-order valence-electron chi connectivity index (χ1n) is 7.11. The second kappa shape index (κ2) is 7.04. The van der Waals surface area contributed by atoms with Crippen molar-refractivity contribution in [2.75, 3.05) is 37.8 Å². The zero-order valence-electron chi connectivity index (χ0n) is 13.1. The van der Waals surface area contributed by atoms with Gasteiger partial charge in [-0.25, -0.2) is 4.98 Å². The van der Waals surface area contributed by atoms with Crippen LogP contribution >= 0.6 is 0 Å². The Labute approximate surface area is 126 Å². The summed E-state index contributed by atoms with van der Waals surface area (Å²) in [5.74, 6) is 1.46. The molecule has 2 rings (SSSR count). The number of rotatable bonds is 6. The van der Waals surface area contributed by atoms with Crippen LogP contribution in [0.5, 0.6) is 0 Å². The van der Waals surface area contributed by atoms with Crippen LogP contribution in [0.25, 0.3) is 0 Å². The Bertz CT molecular complexity index is 578. The van der Waals surface area contributed by atoms with Crippen molar-refractivity contribution in [2.24, 2.45) is 0 Å². The van der Waals surface area contributed by atoms with Gasteiger partial charge in [0.25, 0.3) is 0 Å². The summed E-state index contributed by atoms with van der Waals surface area (Å²) in [5.41, 5.74) is 3.20. The Hall–Kier alpha value is -2.14. The highest BCUT2D eigenvalue weighted by molar-refractivity contribution is 5.57. The Morgan fingerprint density at radius 1 is 1.05 bits per heavy atom. The average Bonchev–Trinajstić information content (AvgIpc) is 2.40.